The van der Waals surface area contributed by atoms with Crippen LogP contribution in [0.4, 0.5) is 0 Å². The predicted octanol–water partition coefficient (Wildman–Crippen LogP) is 0.688. The van der Waals surface area contributed by atoms with Crippen molar-refractivity contribution in [1.29, 1.82) is 0 Å². The number of hydrogen-bond acceptors (Lipinski definition) is 6. The number of carbonyl (C=O) groups is 2. The summed E-state index contributed by atoms with van der Waals surface area (Å²) in [5.74, 6) is -1.12. The van der Waals surface area contributed by atoms with E-state index in [0.717, 1.165) is 22.1 Å². The maximum atomic E-state index is 10.3. The Balaban J connectivity index is 2.47. The Bertz CT molecular complexity index is 129. The monoisotopic (exact) mass is 166 g/mol. The zero-order valence-electron chi connectivity index (χ0n) is 4.16. The SMILES string of the molecule is O=C1CC(=O)OSSO1. The van der Waals surface area contributed by atoms with Crippen LogP contribution in [0.5, 0.6) is 0 Å². The van der Waals surface area contributed by atoms with Crippen LogP contribution >= 0.6 is 22.1 Å². The van der Waals surface area contributed by atoms with Gasteiger partial charge in [0.25, 0.3) is 0 Å². The van der Waals surface area contributed by atoms with Gasteiger partial charge >= 0.3 is 11.9 Å². The molecule has 1 aliphatic heterocycles. The summed E-state index contributed by atoms with van der Waals surface area (Å²) in [5.41, 5.74) is 0. The Labute approximate surface area is 59.1 Å². The van der Waals surface area contributed by atoms with Crippen LogP contribution in [0.15, 0.2) is 0 Å². The largest absolute Gasteiger partial charge is 0.376 e. The van der Waals surface area contributed by atoms with Crippen LogP contribution in [-0.2, 0) is 18.0 Å². The van der Waals surface area contributed by atoms with E-state index in [1.54, 1.807) is 0 Å². The van der Waals surface area contributed by atoms with Gasteiger partial charge in [0.2, 0.25) is 0 Å². The molecular weight excluding hydrogens is 164 g/mol. The molecule has 0 aromatic rings. The molecule has 0 atom stereocenters. The minimum atomic E-state index is -0.560. The van der Waals surface area contributed by atoms with Crippen molar-refractivity contribution in [2.45, 2.75) is 6.42 Å². The van der Waals surface area contributed by atoms with Gasteiger partial charge in [-0.2, -0.15) is 0 Å². The van der Waals surface area contributed by atoms with Crippen molar-refractivity contribution in [2.75, 3.05) is 0 Å². The summed E-state index contributed by atoms with van der Waals surface area (Å²) in [6.45, 7) is 0. The maximum Gasteiger partial charge on any atom is 0.330 e. The number of hydrogen-bond donors (Lipinski definition) is 0. The van der Waals surface area contributed by atoms with Crippen LogP contribution in [0, 0.1) is 0 Å². The molecule has 0 spiro atoms. The van der Waals surface area contributed by atoms with E-state index in [1.807, 2.05) is 0 Å². The molecule has 6 heteroatoms. The first-order chi connectivity index (χ1) is 4.29. The van der Waals surface area contributed by atoms with Gasteiger partial charge in [-0.3, -0.25) is 9.59 Å². The highest BCUT2D eigenvalue weighted by Gasteiger charge is 2.18. The third-order valence-corrected chi connectivity index (χ3v) is 1.71. The molecule has 0 unspecified atom stereocenters. The van der Waals surface area contributed by atoms with Crippen LogP contribution in [0.25, 0.3) is 0 Å². The Morgan fingerprint density at radius 3 is 2.00 bits per heavy atom. The fourth-order valence-electron chi connectivity index (χ4n) is 0.280. The van der Waals surface area contributed by atoms with Gasteiger partial charge in [-0.05, 0) is 0 Å². The third kappa shape index (κ3) is 2.15. The van der Waals surface area contributed by atoms with Gasteiger partial charge < -0.3 is 8.37 Å². The van der Waals surface area contributed by atoms with Crippen LogP contribution in [0.3, 0.4) is 0 Å². The van der Waals surface area contributed by atoms with E-state index in [1.165, 1.54) is 0 Å². The van der Waals surface area contributed by atoms with Crippen LogP contribution in [0.1, 0.15) is 6.42 Å². The molecule has 0 radical (unpaired) electrons. The van der Waals surface area contributed by atoms with E-state index in [4.69, 9.17) is 0 Å². The zero-order chi connectivity index (χ0) is 6.69. The number of carbonyl (C=O) groups excluding carboxylic acids is 2. The predicted molar refractivity (Wildman–Crippen MR) is 32.0 cm³/mol. The fourth-order valence-corrected chi connectivity index (χ4v) is 1.23. The molecule has 0 aromatic heterocycles. The van der Waals surface area contributed by atoms with Crippen LogP contribution in [-0.4, -0.2) is 11.9 Å². The van der Waals surface area contributed by atoms with Crippen molar-refractivity contribution in [3.63, 3.8) is 0 Å². The van der Waals surface area contributed by atoms with E-state index in [0.29, 0.717) is 0 Å². The summed E-state index contributed by atoms with van der Waals surface area (Å²) in [4.78, 5) is 20.7. The van der Waals surface area contributed by atoms with Crippen molar-refractivity contribution < 1.29 is 18.0 Å². The van der Waals surface area contributed by atoms with E-state index in [2.05, 4.69) is 8.37 Å². The van der Waals surface area contributed by atoms with Gasteiger partial charge in [-0.15, -0.1) is 0 Å². The lowest BCUT2D eigenvalue weighted by Gasteiger charge is -1.87. The number of rotatable bonds is 0. The summed E-state index contributed by atoms with van der Waals surface area (Å²) >= 11 is 1.50. The zero-order valence-corrected chi connectivity index (χ0v) is 5.79. The molecule has 0 aromatic carbocycles. The third-order valence-electron chi connectivity index (χ3n) is 0.570. The highest BCUT2D eigenvalue weighted by atomic mass is 33.1. The van der Waals surface area contributed by atoms with E-state index >= 15 is 0 Å². The van der Waals surface area contributed by atoms with Gasteiger partial charge in [-0.1, -0.05) is 0 Å². The van der Waals surface area contributed by atoms with E-state index in [-0.39, 0.29) is 6.42 Å². The van der Waals surface area contributed by atoms with Crippen molar-refractivity contribution in [1.82, 2.24) is 0 Å². The smallest absolute Gasteiger partial charge is 0.330 e. The Morgan fingerprint density at radius 1 is 1.11 bits per heavy atom. The van der Waals surface area contributed by atoms with Crippen LogP contribution in [0.2, 0.25) is 0 Å². The quantitative estimate of drug-likeness (QED) is 0.300. The fraction of sp³-hybridized carbons (Fsp3) is 0.333. The van der Waals surface area contributed by atoms with Crippen molar-refractivity contribution in [2.24, 2.45) is 0 Å². The average Bonchev–Trinajstić information content (AvgIpc) is 1.93. The van der Waals surface area contributed by atoms with Crippen LogP contribution < -0.4 is 0 Å². The second kappa shape index (κ2) is 2.98. The summed E-state index contributed by atoms with van der Waals surface area (Å²) in [6, 6.07) is 0. The minimum absolute atomic E-state index is 0.292. The van der Waals surface area contributed by atoms with E-state index < -0.39 is 11.9 Å². The second-order valence-electron chi connectivity index (χ2n) is 1.22. The van der Waals surface area contributed by atoms with E-state index in [9.17, 15) is 9.59 Å². The highest BCUT2D eigenvalue weighted by molar-refractivity contribution is 8.73. The molecular formula is C3H2O4S2. The molecule has 1 rings (SSSR count). The first-order valence-corrected chi connectivity index (χ1v) is 4.02. The summed E-state index contributed by atoms with van der Waals surface area (Å²) in [7, 11) is 0. The highest BCUT2D eigenvalue weighted by Crippen LogP contribution is 2.27. The summed E-state index contributed by atoms with van der Waals surface area (Å²) < 4.78 is 8.74. The second-order valence-corrected chi connectivity index (χ2v) is 2.65. The normalized spacial score (nSPS) is 20.0. The molecule has 0 N–H and O–H groups in total. The molecule has 0 saturated carbocycles. The maximum absolute atomic E-state index is 10.3. The topological polar surface area (TPSA) is 52.6 Å². The standard InChI is InChI=1S/C3H2O4S2/c4-2-1-3(5)7-9-8-6-2/h1H2. The first kappa shape index (κ1) is 6.76. The molecule has 4 nitrogen and oxygen atoms in total. The first-order valence-electron chi connectivity index (χ1n) is 2.02. The van der Waals surface area contributed by atoms with Gasteiger partial charge in [0.15, 0.2) is 22.1 Å². The van der Waals surface area contributed by atoms with Crippen molar-refractivity contribution in [3.8, 4) is 0 Å². The van der Waals surface area contributed by atoms with Gasteiger partial charge in [0, 0.05) is 0 Å². The van der Waals surface area contributed by atoms with Crippen molar-refractivity contribution in [3.05, 3.63) is 0 Å². The molecule has 9 heavy (non-hydrogen) atoms. The molecule has 0 aliphatic carbocycles. The molecule has 50 valence electrons. The summed E-state index contributed by atoms with van der Waals surface area (Å²) in [6.07, 6.45) is -0.292. The molecule has 0 bridgehead atoms. The van der Waals surface area contributed by atoms with Gasteiger partial charge in [0.05, 0.1) is 0 Å². The molecule has 1 aliphatic rings. The lowest BCUT2D eigenvalue weighted by atomic mass is 10.5. The molecule has 1 fully saturated rings. The Kier molecular flexibility index (Phi) is 2.23. The lowest BCUT2D eigenvalue weighted by Crippen LogP contribution is -2.04. The van der Waals surface area contributed by atoms with Gasteiger partial charge in [0.1, 0.15) is 6.42 Å². The molecule has 1 saturated heterocycles. The average molecular weight is 166 g/mol. The molecule has 0 amide bonds. The Hall–Kier alpha value is -0.360. The lowest BCUT2D eigenvalue weighted by molar-refractivity contribution is -0.142. The van der Waals surface area contributed by atoms with Gasteiger partial charge in [-0.25, -0.2) is 0 Å². The summed E-state index contributed by atoms with van der Waals surface area (Å²) in [5, 5.41) is 0. The Morgan fingerprint density at radius 2 is 1.56 bits per heavy atom. The molecule has 1 heterocycles. The van der Waals surface area contributed by atoms with Crippen molar-refractivity contribution >= 4 is 34.1 Å². The minimum Gasteiger partial charge on any atom is -0.376 e.